The maximum Gasteiger partial charge on any atom is 0.228 e. The van der Waals surface area contributed by atoms with Gasteiger partial charge >= 0.3 is 0 Å². The van der Waals surface area contributed by atoms with Crippen LogP contribution in [0, 0.1) is 13.8 Å². The molecule has 0 radical (unpaired) electrons. The first-order valence-electron chi connectivity index (χ1n) is 9.14. The van der Waals surface area contributed by atoms with Crippen molar-refractivity contribution in [2.75, 3.05) is 4.90 Å². The Morgan fingerprint density at radius 3 is 2.46 bits per heavy atom. The first-order chi connectivity index (χ1) is 13.5. The second kappa shape index (κ2) is 7.49. The summed E-state index contributed by atoms with van der Waals surface area (Å²) >= 11 is 1.61. The molecule has 0 aliphatic heterocycles. The molecule has 0 spiro atoms. The average molecular weight is 388 g/mol. The number of benzene rings is 2. The van der Waals surface area contributed by atoms with Crippen LogP contribution < -0.4 is 4.90 Å². The van der Waals surface area contributed by atoms with Crippen molar-refractivity contribution in [2.24, 2.45) is 0 Å². The van der Waals surface area contributed by atoms with E-state index in [0.29, 0.717) is 0 Å². The Labute approximate surface area is 168 Å². The summed E-state index contributed by atoms with van der Waals surface area (Å²) < 4.78 is 5.74. The SMILES string of the molecule is CC(=O)N(/C(=C/c1coc2ccc(C)cc12)c1cccs1)c1ccc(C)cc1. The lowest BCUT2D eigenvalue weighted by Gasteiger charge is -2.24. The van der Waals surface area contributed by atoms with Gasteiger partial charge in [0.1, 0.15) is 5.58 Å². The highest BCUT2D eigenvalue weighted by molar-refractivity contribution is 7.11. The highest BCUT2D eigenvalue weighted by atomic mass is 32.1. The van der Waals surface area contributed by atoms with E-state index in [-0.39, 0.29) is 5.91 Å². The van der Waals surface area contributed by atoms with Crippen LogP contribution in [0.5, 0.6) is 0 Å². The van der Waals surface area contributed by atoms with Gasteiger partial charge in [0.2, 0.25) is 5.91 Å². The van der Waals surface area contributed by atoms with Crippen molar-refractivity contribution in [3.63, 3.8) is 0 Å². The molecule has 1 amide bonds. The van der Waals surface area contributed by atoms with Crippen molar-refractivity contribution in [1.82, 2.24) is 0 Å². The molecule has 28 heavy (non-hydrogen) atoms. The largest absolute Gasteiger partial charge is 0.464 e. The van der Waals surface area contributed by atoms with E-state index in [1.54, 1.807) is 29.4 Å². The van der Waals surface area contributed by atoms with Gasteiger partial charge in [-0.15, -0.1) is 11.3 Å². The van der Waals surface area contributed by atoms with Gasteiger partial charge in [-0.2, -0.15) is 0 Å². The number of amides is 1. The molecule has 2 aromatic carbocycles. The third kappa shape index (κ3) is 3.51. The van der Waals surface area contributed by atoms with E-state index in [4.69, 9.17) is 4.42 Å². The zero-order chi connectivity index (χ0) is 19.7. The topological polar surface area (TPSA) is 33.5 Å². The summed E-state index contributed by atoms with van der Waals surface area (Å²) in [6.07, 6.45) is 3.80. The molecule has 0 atom stereocenters. The van der Waals surface area contributed by atoms with Crippen LogP contribution in [-0.4, -0.2) is 5.91 Å². The minimum absolute atomic E-state index is 0.0347. The summed E-state index contributed by atoms with van der Waals surface area (Å²) in [7, 11) is 0. The molecule has 4 aromatic rings. The summed E-state index contributed by atoms with van der Waals surface area (Å²) in [5.41, 5.74) is 5.82. The number of hydrogen-bond acceptors (Lipinski definition) is 3. The van der Waals surface area contributed by atoms with Gasteiger partial charge in [0, 0.05) is 23.6 Å². The van der Waals surface area contributed by atoms with Crippen molar-refractivity contribution >= 4 is 45.7 Å². The third-order valence-electron chi connectivity index (χ3n) is 4.67. The molecule has 0 saturated heterocycles. The number of rotatable bonds is 4. The number of nitrogens with zero attached hydrogens (tertiary/aromatic N) is 1. The number of hydrogen-bond donors (Lipinski definition) is 0. The molecule has 0 unspecified atom stereocenters. The third-order valence-corrected chi connectivity index (χ3v) is 5.57. The Morgan fingerprint density at radius 2 is 1.79 bits per heavy atom. The molecule has 0 bridgehead atoms. The van der Waals surface area contributed by atoms with Gasteiger partial charge in [-0.25, -0.2) is 0 Å². The Bertz CT molecular complexity index is 1150. The Balaban J connectivity index is 1.91. The van der Waals surface area contributed by atoms with Crippen LogP contribution >= 0.6 is 11.3 Å². The van der Waals surface area contributed by atoms with Crippen molar-refractivity contribution in [2.45, 2.75) is 20.8 Å². The highest BCUT2D eigenvalue weighted by Gasteiger charge is 2.20. The predicted molar refractivity (Wildman–Crippen MR) is 117 cm³/mol. The van der Waals surface area contributed by atoms with Gasteiger partial charge in [-0.1, -0.05) is 35.4 Å². The molecule has 2 heterocycles. The molecule has 3 nitrogen and oxygen atoms in total. The minimum atomic E-state index is -0.0347. The van der Waals surface area contributed by atoms with E-state index in [1.165, 1.54) is 5.56 Å². The minimum Gasteiger partial charge on any atom is -0.464 e. The van der Waals surface area contributed by atoms with Crippen LogP contribution in [-0.2, 0) is 4.79 Å². The van der Waals surface area contributed by atoms with Crippen LogP contribution in [0.1, 0.15) is 28.5 Å². The lowest BCUT2D eigenvalue weighted by atomic mass is 10.1. The van der Waals surface area contributed by atoms with Crippen LogP contribution in [0.25, 0.3) is 22.7 Å². The van der Waals surface area contributed by atoms with Crippen LogP contribution in [0.4, 0.5) is 5.69 Å². The van der Waals surface area contributed by atoms with Gasteiger partial charge in [-0.3, -0.25) is 9.69 Å². The van der Waals surface area contributed by atoms with E-state index in [2.05, 4.69) is 13.0 Å². The molecule has 0 aliphatic rings. The van der Waals surface area contributed by atoms with E-state index in [9.17, 15) is 4.79 Å². The Kier molecular flexibility index (Phi) is 4.88. The summed E-state index contributed by atoms with van der Waals surface area (Å²) in [4.78, 5) is 15.5. The monoisotopic (exact) mass is 387 g/mol. The quantitative estimate of drug-likeness (QED) is 0.392. The molecule has 0 aliphatic carbocycles. The van der Waals surface area contributed by atoms with Crippen LogP contribution in [0.3, 0.4) is 0 Å². The van der Waals surface area contributed by atoms with E-state index in [1.807, 2.05) is 66.9 Å². The number of carbonyl (C=O) groups excluding carboxylic acids is 1. The molecule has 0 saturated carbocycles. The van der Waals surface area contributed by atoms with Crippen molar-refractivity contribution in [1.29, 1.82) is 0 Å². The normalized spacial score (nSPS) is 11.8. The van der Waals surface area contributed by atoms with Gasteiger partial charge in [0.25, 0.3) is 0 Å². The number of anilines is 1. The zero-order valence-corrected chi connectivity index (χ0v) is 16.9. The van der Waals surface area contributed by atoms with Gasteiger partial charge in [0.05, 0.1) is 16.8 Å². The molecule has 4 rings (SSSR count). The summed E-state index contributed by atoms with van der Waals surface area (Å²) in [5.74, 6) is -0.0347. The van der Waals surface area contributed by atoms with Crippen LogP contribution in [0.15, 0.2) is 70.7 Å². The molecule has 140 valence electrons. The van der Waals surface area contributed by atoms with E-state index in [0.717, 1.165) is 38.4 Å². The average Bonchev–Trinajstić information content (AvgIpc) is 3.32. The van der Waals surface area contributed by atoms with Gasteiger partial charge in [0.15, 0.2) is 0 Å². The number of carbonyl (C=O) groups is 1. The fourth-order valence-electron chi connectivity index (χ4n) is 3.28. The van der Waals surface area contributed by atoms with Crippen molar-refractivity contribution in [3.05, 3.63) is 87.8 Å². The molecular weight excluding hydrogens is 366 g/mol. The van der Waals surface area contributed by atoms with Crippen molar-refractivity contribution < 1.29 is 9.21 Å². The summed E-state index contributed by atoms with van der Waals surface area (Å²) in [5, 5.41) is 3.07. The first kappa shape index (κ1) is 18.3. The van der Waals surface area contributed by atoms with Crippen LogP contribution in [0.2, 0.25) is 0 Å². The number of aryl methyl sites for hydroxylation is 2. The van der Waals surface area contributed by atoms with E-state index < -0.39 is 0 Å². The standard InChI is InChI=1S/C24H21NO2S/c1-16-6-9-20(10-7-16)25(18(3)26)22(24-5-4-12-28-24)14-19-15-27-23-11-8-17(2)13-21(19)23/h4-15H,1-3H3/b22-14+. The fraction of sp³-hybridized carbons (Fsp3) is 0.125. The highest BCUT2D eigenvalue weighted by Crippen LogP contribution is 2.33. The Morgan fingerprint density at radius 1 is 1.04 bits per heavy atom. The first-order valence-corrected chi connectivity index (χ1v) is 10.0. The molecule has 2 aromatic heterocycles. The lowest BCUT2D eigenvalue weighted by molar-refractivity contribution is -0.115. The molecular formula is C24H21NO2S. The number of fused-ring (bicyclic) bond motifs is 1. The molecule has 4 heteroatoms. The smallest absolute Gasteiger partial charge is 0.228 e. The Hall–Kier alpha value is -3.11. The van der Waals surface area contributed by atoms with Crippen molar-refractivity contribution in [3.8, 4) is 0 Å². The second-order valence-electron chi connectivity index (χ2n) is 6.89. The van der Waals surface area contributed by atoms with Gasteiger partial charge < -0.3 is 4.42 Å². The molecule has 0 fully saturated rings. The predicted octanol–water partition coefficient (Wildman–Crippen LogP) is 6.66. The van der Waals surface area contributed by atoms with E-state index >= 15 is 0 Å². The maximum absolute atomic E-state index is 12.7. The zero-order valence-electron chi connectivity index (χ0n) is 16.1. The number of furan rings is 1. The summed E-state index contributed by atoms with van der Waals surface area (Å²) in [6, 6.07) is 18.2. The molecule has 0 N–H and O–H groups in total. The number of thiophene rings is 1. The maximum atomic E-state index is 12.7. The second-order valence-corrected chi connectivity index (χ2v) is 7.84. The lowest BCUT2D eigenvalue weighted by Crippen LogP contribution is -2.26. The van der Waals surface area contributed by atoms with Gasteiger partial charge in [-0.05, 0) is 55.6 Å². The summed E-state index contributed by atoms with van der Waals surface area (Å²) in [6.45, 7) is 5.70. The fourth-order valence-corrected chi connectivity index (χ4v) is 4.01.